The lowest BCUT2D eigenvalue weighted by Gasteiger charge is -2.30. The van der Waals surface area contributed by atoms with E-state index in [1.165, 1.54) is 11.3 Å². The molecular weight excluding hydrogens is 530 g/mol. The number of amides is 1. The number of ether oxygens (including phenoxy) is 4. The van der Waals surface area contributed by atoms with Gasteiger partial charge < -0.3 is 23.8 Å². The number of aromatic nitrogens is 1. The van der Waals surface area contributed by atoms with Crippen LogP contribution in [0.5, 0.6) is 23.0 Å². The number of hydrogen-bond acceptors (Lipinski definition) is 8. The van der Waals surface area contributed by atoms with E-state index in [9.17, 15) is 9.59 Å². The fourth-order valence-corrected chi connectivity index (χ4v) is 5.87. The topological polar surface area (TPSA) is 91.6 Å². The molecule has 1 amide bonds. The molecule has 10 heteroatoms. The summed E-state index contributed by atoms with van der Waals surface area (Å²) in [6.07, 6.45) is 1.80. The maximum absolute atomic E-state index is 14.1. The molecule has 9 nitrogen and oxygen atoms in total. The third-order valence-corrected chi connectivity index (χ3v) is 7.80. The number of benzene rings is 2. The number of nitrogens with zero attached hydrogens (tertiary/aromatic N) is 3. The minimum atomic E-state index is -0.758. The van der Waals surface area contributed by atoms with Gasteiger partial charge in [0.15, 0.2) is 16.3 Å². The molecule has 0 N–H and O–H groups in total. The average Bonchev–Trinajstić information content (AvgIpc) is 3.26. The Labute approximate surface area is 237 Å². The van der Waals surface area contributed by atoms with Crippen molar-refractivity contribution in [2.75, 3.05) is 41.0 Å². The molecule has 2 aromatic carbocycles. The molecule has 0 saturated heterocycles. The smallest absolute Gasteiger partial charge is 0.271 e. The van der Waals surface area contributed by atoms with Crippen LogP contribution in [0.3, 0.4) is 0 Å². The highest BCUT2D eigenvalue weighted by atomic mass is 32.1. The normalized spacial score (nSPS) is 14.9. The Balaban J connectivity index is 1.99. The number of likely N-dealkylation sites (N-methyl/N-ethyl adjacent to an activating group) is 1. The molecule has 1 aliphatic rings. The number of methoxy groups -OCH3 is 3. The first kappa shape index (κ1) is 28.9. The molecule has 40 heavy (non-hydrogen) atoms. The van der Waals surface area contributed by atoms with Crippen LogP contribution in [0.2, 0.25) is 0 Å². The summed E-state index contributed by atoms with van der Waals surface area (Å²) < 4.78 is 24.4. The number of carbonyl (C=O) groups excluding carboxylic acids is 1. The van der Waals surface area contributed by atoms with Crippen LogP contribution in [0.4, 0.5) is 0 Å². The van der Waals surface area contributed by atoms with Crippen LogP contribution in [-0.2, 0) is 4.79 Å². The van der Waals surface area contributed by atoms with E-state index in [1.54, 1.807) is 49.0 Å². The monoisotopic (exact) mass is 565 g/mol. The van der Waals surface area contributed by atoms with Gasteiger partial charge in [-0.15, -0.1) is 0 Å². The Morgan fingerprint density at radius 2 is 1.70 bits per heavy atom. The zero-order valence-electron chi connectivity index (χ0n) is 23.9. The van der Waals surface area contributed by atoms with Crippen molar-refractivity contribution in [1.29, 1.82) is 0 Å². The molecule has 3 aromatic rings. The van der Waals surface area contributed by atoms with Gasteiger partial charge in [0, 0.05) is 18.7 Å². The van der Waals surface area contributed by atoms with Crippen LogP contribution in [0.1, 0.15) is 44.9 Å². The van der Waals surface area contributed by atoms with E-state index in [-0.39, 0.29) is 11.5 Å². The molecule has 2 heterocycles. The summed E-state index contributed by atoms with van der Waals surface area (Å²) in [5.74, 6) is 2.15. The van der Waals surface area contributed by atoms with Gasteiger partial charge in [-0.3, -0.25) is 14.2 Å². The standard InChI is InChI=1S/C30H35N3O6S/c1-8-32(9-2)29(35)26-18(4)31-30-33(27(26)21-17-20(36-5)12-14-22(21)37-6)28(34)25(40-30)16-19-11-13-23(38-7)24(15-19)39-10-3/h11-17,27H,8-10H2,1-7H3/b25-16+/t27-/m0/s1. The second kappa shape index (κ2) is 12.4. The quantitative estimate of drug-likeness (QED) is 0.374. The predicted octanol–water partition coefficient (Wildman–Crippen LogP) is 3.53. The van der Waals surface area contributed by atoms with Crippen LogP contribution in [0, 0.1) is 0 Å². The lowest BCUT2D eigenvalue weighted by atomic mass is 9.93. The summed E-state index contributed by atoms with van der Waals surface area (Å²) in [7, 11) is 4.73. The van der Waals surface area contributed by atoms with E-state index < -0.39 is 6.04 Å². The van der Waals surface area contributed by atoms with Gasteiger partial charge in [0.05, 0.1) is 43.7 Å². The molecule has 0 unspecified atom stereocenters. The number of thiazole rings is 1. The number of fused-ring (bicyclic) bond motifs is 1. The lowest BCUT2D eigenvalue weighted by molar-refractivity contribution is -0.127. The predicted molar refractivity (Wildman–Crippen MR) is 155 cm³/mol. The SMILES string of the molecule is CCOc1cc(/C=c2/sc3n(c2=O)[C@@H](c2cc(OC)ccc2OC)C(C(=O)N(CC)CC)=C(C)N=3)ccc1OC. The fourth-order valence-electron chi connectivity index (χ4n) is 4.83. The van der Waals surface area contributed by atoms with Crippen molar-refractivity contribution < 1.29 is 23.7 Å². The summed E-state index contributed by atoms with van der Waals surface area (Å²) in [6.45, 7) is 9.10. The molecule has 0 radical (unpaired) electrons. The van der Waals surface area contributed by atoms with E-state index >= 15 is 0 Å². The van der Waals surface area contributed by atoms with Crippen LogP contribution >= 0.6 is 11.3 Å². The molecular formula is C30H35N3O6S. The van der Waals surface area contributed by atoms with E-state index in [4.69, 9.17) is 23.9 Å². The fraction of sp³-hybridized carbons (Fsp3) is 0.367. The molecule has 1 aliphatic heterocycles. The largest absolute Gasteiger partial charge is 0.497 e. The van der Waals surface area contributed by atoms with Crippen LogP contribution in [0.25, 0.3) is 6.08 Å². The zero-order valence-corrected chi connectivity index (χ0v) is 24.8. The summed E-state index contributed by atoms with van der Waals surface area (Å²) in [4.78, 5) is 34.9. The maximum Gasteiger partial charge on any atom is 0.271 e. The van der Waals surface area contributed by atoms with E-state index in [0.29, 0.717) is 68.9 Å². The molecule has 0 aliphatic carbocycles. The van der Waals surface area contributed by atoms with Gasteiger partial charge in [-0.2, -0.15) is 0 Å². The van der Waals surface area contributed by atoms with Crippen molar-refractivity contribution in [3.63, 3.8) is 0 Å². The van der Waals surface area contributed by atoms with Crippen molar-refractivity contribution in [3.8, 4) is 23.0 Å². The molecule has 0 fully saturated rings. The molecule has 0 saturated carbocycles. The molecule has 1 aromatic heterocycles. The van der Waals surface area contributed by atoms with Crippen molar-refractivity contribution in [3.05, 3.63) is 78.5 Å². The first-order chi connectivity index (χ1) is 19.3. The second-order valence-corrected chi connectivity index (χ2v) is 10.0. The highest BCUT2D eigenvalue weighted by Gasteiger charge is 2.36. The minimum absolute atomic E-state index is 0.174. The first-order valence-corrected chi connectivity index (χ1v) is 14.0. The lowest BCUT2D eigenvalue weighted by Crippen LogP contribution is -2.43. The van der Waals surface area contributed by atoms with Gasteiger partial charge in [-0.25, -0.2) is 4.99 Å². The third-order valence-electron chi connectivity index (χ3n) is 6.82. The molecule has 1 atom stereocenters. The molecule has 4 rings (SSSR count). The van der Waals surface area contributed by atoms with Crippen molar-refractivity contribution in [2.45, 2.75) is 33.7 Å². The molecule has 0 bridgehead atoms. The average molecular weight is 566 g/mol. The minimum Gasteiger partial charge on any atom is -0.497 e. The number of allylic oxidation sites excluding steroid dienone is 1. The maximum atomic E-state index is 14.1. The van der Waals surface area contributed by atoms with Crippen molar-refractivity contribution >= 4 is 23.3 Å². The van der Waals surface area contributed by atoms with Gasteiger partial charge in [-0.05, 0) is 69.7 Å². The second-order valence-electron chi connectivity index (χ2n) is 9.01. The van der Waals surface area contributed by atoms with Crippen molar-refractivity contribution in [1.82, 2.24) is 9.47 Å². The van der Waals surface area contributed by atoms with Gasteiger partial charge in [0.1, 0.15) is 17.5 Å². The van der Waals surface area contributed by atoms with E-state index in [1.807, 2.05) is 52.0 Å². The summed E-state index contributed by atoms with van der Waals surface area (Å²) >= 11 is 1.27. The van der Waals surface area contributed by atoms with Crippen LogP contribution in [-0.4, -0.2) is 56.4 Å². The summed E-state index contributed by atoms with van der Waals surface area (Å²) in [6, 6.07) is 10.1. The Kier molecular flexibility index (Phi) is 8.99. The zero-order chi connectivity index (χ0) is 29.0. The van der Waals surface area contributed by atoms with Gasteiger partial charge >= 0.3 is 0 Å². The van der Waals surface area contributed by atoms with Crippen molar-refractivity contribution in [2.24, 2.45) is 4.99 Å². The van der Waals surface area contributed by atoms with E-state index in [2.05, 4.69) is 0 Å². The number of hydrogen-bond donors (Lipinski definition) is 0. The molecule has 0 spiro atoms. The Morgan fingerprint density at radius 3 is 2.33 bits per heavy atom. The third kappa shape index (κ3) is 5.36. The Bertz CT molecular complexity index is 1620. The molecule has 212 valence electrons. The Morgan fingerprint density at radius 1 is 1.00 bits per heavy atom. The highest BCUT2D eigenvalue weighted by molar-refractivity contribution is 7.07. The summed E-state index contributed by atoms with van der Waals surface area (Å²) in [5, 5.41) is 0. The number of rotatable bonds is 10. The first-order valence-electron chi connectivity index (χ1n) is 13.2. The highest BCUT2D eigenvalue weighted by Crippen LogP contribution is 2.38. The summed E-state index contributed by atoms with van der Waals surface area (Å²) in [5.41, 5.74) is 2.15. The van der Waals surface area contributed by atoms with Crippen LogP contribution in [0.15, 0.2) is 57.5 Å². The van der Waals surface area contributed by atoms with Gasteiger partial charge in [0.25, 0.3) is 11.5 Å². The van der Waals surface area contributed by atoms with Gasteiger partial charge in [-0.1, -0.05) is 17.4 Å². The van der Waals surface area contributed by atoms with Gasteiger partial charge in [0.2, 0.25) is 0 Å². The van der Waals surface area contributed by atoms with Crippen LogP contribution < -0.4 is 33.8 Å². The Hall–Kier alpha value is -4.05. The number of carbonyl (C=O) groups is 1. The van der Waals surface area contributed by atoms with E-state index in [0.717, 1.165) is 5.56 Å².